The number of ether oxygens (including phenoxy) is 1. The van der Waals surface area contributed by atoms with Crippen LogP contribution in [0.4, 0.5) is 11.5 Å². The summed E-state index contributed by atoms with van der Waals surface area (Å²) in [5, 5.41) is 7.43. The molecule has 0 saturated carbocycles. The Hall–Kier alpha value is -2.72. The van der Waals surface area contributed by atoms with Gasteiger partial charge in [0.25, 0.3) is 5.78 Å². The summed E-state index contributed by atoms with van der Waals surface area (Å²) in [6.45, 7) is 4.26. The first-order chi connectivity index (χ1) is 13.4. The molecule has 0 saturated heterocycles. The molecule has 150 valence electrons. The van der Waals surface area contributed by atoms with Crippen molar-refractivity contribution in [2.45, 2.75) is 31.6 Å². The van der Waals surface area contributed by atoms with Gasteiger partial charge in [0.2, 0.25) is 10.0 Å². The molecule has 10 heteroatoms. The summed E-state index contributed by atoms with van der Waals surface area (Å²) in [5.74, 6) is 1.46. The number of aryl methyl sites for hydroxylation is 1. The minimum atomic E-state index is -3.67. The van der Waals surface area contributed by atoms with Gasteiger partial charge in [0.05, 0.1) is 6.61 Å². The topological polar surface area (TPSA) is 102 Å². The van der Waals surface area contributed by atoms with Crippen LogP contribution in [0.3, 0.4) is 0 Å². The van der Waals surface area contributed by atoms with Crippen LogP contribution >= 0.6 is 0 Å². The van der Waals surface area contributed by atoms with Crippen LogP contribution in [0.5, 0.6) is 5.75 Å². The molecule has 9 nitrogen and oxygen atoms in total. The number of aromatic nitrogens is 4. The molecule has 1 aromatic carbocycles. The van der Waals surface area contributed by atoms with Crippen molar-refractivity contribution in [2.24, 2.45) is 0 Å². The van der Waals surface area contributed by atoms with Crippen molar-refractivity contribution in [3.63, 3.8) is 0 Å². The first-order valence-electron chi connectivity index (χ1n) is 9.02. The van der Waals surface area contributed by atoms with Crippen LogP contribution in [0.1, 0.15) is 26.0 Å². The third-order valence-electron chi connectivity index (χ3n) is 4.09. The second-order valence-corrected chi connectivity index (χ2v) is 8.48. The lowest BCUT2D eigenvalue weighted by Gasteiger charge is -2.17. The second-order valence-electron chi connectivity index (χ2n) is 6.36. The highest BCUT2D eigenvalue weighted by Gasteiger charge is 2.23. The Morgan fingerprint density at radius 2 is 2.00 bits per heavy atom. The summed E-state index contributed by atoms with van der Waals surface area (Å²) in [6, 6.07) is 6.86. The van der Waals surface area contributed by atoms with Crippen molar-refractivity contribution in [1.82, 2.24) is 23.9 Å². The zero-order valence-corrected chi connectivity index (χ0v) is 17.2. The third kappa shape index (κ3) is 3.92. The molecule has 2 aromatic heterocycles. The molecule has 0 aliphatic carbocycles. The fourth-order valence-corrected chi connectivity index (χ4v) is 3.79. The van der Waals surface area contributed by atoms with Crippen LogP contribution < -0.4 is 10.1 Å². The summed E-state index contributed by atoms with van der Waals surface area (Å²) < 4.78 is 33.7. The maximum Gasteiger partial charge on any atom is 0.254 e. The zero-order valence-electron chi connectivity index (χ0n) is 16.4. The Balaban J connectivity index is 2.06. The van der Waals surface area contributed by atoms with E-state index in [1.54, 1.807) is 22.7 Å². The number of nitrogens with zero attached hydrogens (tertiary/aromatic N) is 5. The van der Waals surface area contributed by atoms with Gasteiger partial charge in [-0.1, -0.05) is 13.3 Å². The van der Waals surface area contributed by atoms with Gasteiger partial charge >= 0.3 is 0 Å². The third-order valence-corrected chi connectivity index (χ3v) is 5.92. The Labute approximate surface area is 164 Å². The molecule has 28 heavy (non-hydrogen) atoms. The number of benzene rings is 1. The van der Waals surface area contributed by atoms with Gasteiger partial charge in [0.15, 0.2) is 0 Å². The molecule has 1 N–H and O–H groups in total. The maximum atomic E-state index is 12.7. The van der Waals surface area contributed by atoms with E-state index in [-0.39, 0.29) is 4.90 Å². The highest BCUT2D eigenvalue weighted by molar-refractivity contribution is 7.89. The van der Waals surface area contributed by atoms with E-state index in [0.717, 1.165) is 22.8 Å². The first-order valence-corrected chi connectivity index (χ1v) is 10.5. The van der Waals surface area contributed by atoms with Crippen molar-refractivity contribution in [2.75, 3.05) is 26.0 Å². The van der Waals surface area contributed by atoms with Crippen LogP contribution in [-0.4, -0.2) is 53.0 Å². The van der Waals surface area contributed by atoms with E-state index in [1.165, 1.54) is 20.4 Å². The van der Waals surface area contributed by atoms with Gasteiger partial charge in [-0.25, -0.2) is 17.7 Å². The molecule has 3 aromatic rings. The highest BCUT2D eigenvalue weighted by atomic mass is 32.2. The average Bonchev–Trinajstić information content (AvgIpc) is 3.12. The van der Waals surface area contributed by atoms with Gasteiger partial charge in [-0.3, -0.25) is 0 Å². The van der Waals surface area contributed by atoms with Crippen molar-refractivity contribution in [3.05, 3.63) is 36.3 Å². The lowest BCUT2D eigenvalue weighted by Crippen LogP contribution is -2.23. The summed E-state index contributed by atoms with van der Waals surface area (Å²) in [6.07, 6.45) is 3.19. The van der Waals surface area contributed by atoms with E-state index in [1.807, 2.05) is 13.0 Å². The van der Waals surface area contributed by atoms with E-state index >= 15 is 0 Å². The zero-order chi connectivity index (χ0) is 20.3. The molecule has 0 aliphatic rings. The Morgan fingerprint density at radius 1 is 1.21 bits per heavy atom. The van der Waals surface area contributed by atoms with Crippen LogP contribution in [-0.2, 0) is 16.4 Å². The lowest BCUT2D eigenvalue weighted by molar-refractivity contribution is 0.330. The lowest BCUT2D eigenvalue weighted by atomic mass is 10.2. The fraction of sp³-hybridized carbons (Fsp3) is 0.389. The summed E-state index contributed by atoms with van der Waals surface area (Å²) in [5.41, 5.74) is 1.48. The SMILES string of the molecule is CCCc1cc(Nc2ccc(OCC)c(S(=O)(=O)N(C)C)c2)n2ncnc2n1. The van der Waals surface area contributed by atoms with Crippen LogP contribution in [0.25, 0.3) is 5.78 Å². The molecule has 0 radical (unpaired) electrons. The Bertz CT molecular complexity index is 1080. The van der Waals surface area contributed by atoms with E-state index in [0.29, 0.717) is 29.6 Å². The molecule has 0 spiro atoms. The highest BCUT2D eigenvalue weighted by Crippen LogP contribution is 2.30. The Morgan fingerprint density at radius 3 is 2.68 bits per heavy atom. The van der Waals surface area contributed by atoms with Gasteiger partial charge in [-0.05, 0) is 31.5 Å². The van der Waals surface area contributed by atoms with Crippen molar-refractivity contribution in [3.8, 4) is 5.75 Å². The first kappa shape index (κ1) is 20.0. The van der Waals surface area contributed by atoms with E-state index in [9.17, 15) is 8.42 Å². The van der Waals surface area contributed by atoms with Crippen LogP contribution in [0.2, 0.25) is 0 Å². The molecule has 0 bridgehead atoms. The smallest absolute Gasteiger partial charge is 0.254 e. The predicted octanol–water partition coefficient (Wildman–Crippen LogP) is 2.47. The normalized spacial score (nSPS) is 11.9. The monoisotopic (exact) mass is 404 g/mol. The van der Waals surface area contributed by atoms with Gasteiger partial charge in [0, 0.05) is 31.5 Å². The number of hydrogen-bond donors (Lipinski definition) is 1. The van der Waals surface area contributed by atoms with Crippen molar-refractivity contribution < 1.29 is 13.2 Å². The quantitative estimate of drug-likeness (QED) is 0.615. The van der Waals surface area contributed by atoms with Crippen molar-refractivity contribution >= 4 is 27.3 Å². The van der Waals surface area contributed by atoms with Gasteiger partial charge in [0.1, 0.15) is 22.8 Å². The number of anilines is 2. The molecular weight excluding hydrogens is 380 g/mol. The van der Waals surface area contributed by atoms with Crippen LogP contribution in [0, 0.1) is 0 Å². The van der Waals surface area contributed by atoms with Crippen LogP contribution in [0.15, 0.2) is 35.5 Å². The van der Waals surface area contributed by atoms with E-state index in [2.05, 4.69) is 27.3 Å². The summed E-state index contributed by atoms with van der Waals surface area (Å²) in [4.78, 5) is 8.73. The molecule has 3 rings (SSSR count). The van der Waals surface area contributed by atoms with Gasteiger partial charge in [-0.2, -0.15) is 14.6 Å². The van der Waals surface area contributed by atoms with Gasteiger partial charge in [-0.15, -0.1) is 0 Å². The fourth-order valence-electron chi connectivity index (χ4n) is 2.74. The van der Waals surface area contributed by atoms with Gasteiger partial charge < -0.3 is 10.1 Å². The van der Waals surface area contributed by atoms with Crippen molar-refractivity contribution in [1.29, 1.82) is 0 Å². The average molecular weight is 404 g/mol. The number of rotatable bonds is 8. The number of nitrogens with one attached hydrogen (secondary N) is 1. The Kier molecular flexibility index (Phi) is 5.80. The minimum Gasteiger partial charge on any atom is -0.492 e. The molecule has 0 aliphatic heterocycles. The molecular formula is C18H24N6O3S. The number of sulfonamides is 1. The molecule has 2 heterocycles. The molecule has 0 unspecified atom stereocenters. The standard InChI is InChI=1S/C18H24N6O3S/c1-5-7-13-11-17(24-18(22-13)19-12-20-24)21-14-8-9-15(27-6-2)16(10-14)28(25,26)23(3)4/h8-12,21H,5-7H2,1-4H3. The van der Waals surface area contributed by atoms with E-state index in [4.69, 9.17) is 4.74 Å². The summed E-state index contributed by atoms with van der Waals surface area (Å²) in [7, 11) is -0.692. The largest absolute Gasteiger partial charge is 0.492 e. The summed E-state index contributed by atoms with van der Waals surface area (Å²) >= 11 is 0. The maximum absolute atomic E-state index is 12.7. The second kappa shape index (κ2) is 8.11. The molecule has 0 atom stereocenters. The molecule has 0 fully saturated rings. The van der Waals surface area contributed by atoms with E-state index < -0.39 is 10.0 Å². The molecule has 0 amide bonds. The number of fused-ring (bicyclic) bond motifs is 1. The number of hydrogen-bond acceptors (Lipinski definition) is 7. The predicted molar refractivity (Wildman–Crippen MR) is 107 cm³/mol. The minimum absolute atomic E-state index is 0.0991.